The molecule has 27 heavy (non-hydrogen) atoms. The van der Waals surface area contributed by atoms with Crippen LogP contribution in [-0.4, -0.2) is 0 Å². The summed E-state index contributed by atoms with van der Waals surface area (Å²) in [5.74, 6) is 6.17. The fourth-order valence-corrected chi connectivity index (χ4v) is 9.34. The standard InChI is InChI=1S/C27H48/c1-7-8-9-19(2)22-12-13-23-21-11-10-20-18-25(3,4)16-17-26(20,5)24(21)14-15-27(22,23)6/h19-24H,7-18H2,1-6H3/t19-,20+,21+,22-,23+,24+,26+,27-/m1/s1. The molecule has 156 valence electrons. The highest BCUT2D eigenvalue weighted by Gasteiger charge is 2.60. The average molecular weight is 373 g/mol. The zero-order chi connectivity index (χ0) is 19.4. The molecule has 0 amide bonds. The Morgan fingerprint density at radius 2 is 1.56 bits per heavy atom. The predicted octanol–water partition coefficient (Wildman–Crippen LogP) is 8.50. The van der Waals surface area contributed by atoms with E-state index in [4.69, 9.17) is 0 Å². The number of fused-ring (bicyclic) bond motifs is 5. The second kappa shape index (κ2) is 7.05. The Bertz CT molecular complexity index is 532. The van der Waals surface area contributed by atoms with Crippen molar-refractivity contribution in [2.45, 2.75) is 119 Å². The van der Waals surface area contributed by atoms with Crippen LogP contribution < -0.4 is 0 Å². The van der Waals surface area contributed by atoms with E-state index in [-0.39, 0.29) is 0 Å². The summed E-state index contributed by atoms with van der Waals surface area (Å²) in [6.45, 7) is 15.5. The van der Waals surface area contributed by atoms with Crippen LogP contribution in [0.2, 0.25) is 0 Å². The summed E-state index contributed by atoms with van der Waals surface area (Å²) in [7, 11) is 0. The molecule has 4 fully saturated rings. The molecule has 0 aromatic rings. The lowest BCUT2D eigenvalue weighted by Gasteiger charge is -2.62. The second-order valence-electron chi connectivity index (χ2n) is 12.9. The van der Waals surface area contributed by atoms with E-state index in [2.05, 4.69) is 41.5 Å². The zero-order valence-corrected chi connectivity index (χ0v) is 19.4. The molecule has 4 saturated carbocycles. The lowest BCUT2D eigenvalue weighted by molar-refractivity contribution is -0.129. The van der Waals surface area contributed by atoms with Crippen LogP contribution in [0.4, 0.5) is 0 Å². The Morgan fingerprint density at radius 1 is 0.815 bits per heavy atom. The zero-order valence-electron chi connectivity index (χ0n) is 19.4. The minimum atomic E-state index is 0.605. The van der Waals surface area contributed by atoms with Gasteiger partial charge in [0.05, 0.1) is 0 Å². The third-order valence-corrected chi connectivity index (χ3v) is 11.0. The highest BCUT2D eigenvalue weighted by Crippen LogP contribution is 2.69. The van der Waals surface area contributed by atoms with Gasteiger partial charge < -0.3 is 0 Å². The van der Waals surface area contributed by atoms with Crippen LogP contribution in [0.3, 0.4) is 0 Å². The van der Waals surface area contributed by atoms with Crippen molar-refractivity contribution in [3.05, 3.63) is 0 Å². The van der Waals surface area contributed by atoms with Gasteiger partial charge in [-0.25, -0.2) is 0 Å². The first-order valence-corrected chi connectivity index (χ1v) is 12.7. The van der Waals surface area contributed by atoms with Crippen LogP contribution in [0, 0.1) is 51.8 Å². The van der Waals surface area contributed by atoms with E-state index in [0.717, 1.165) is 35.5 Å². The van der Waals surface area contributed by atoms with Crippen molar-refractivity contribution in [2.24, 2.45) is 51.8 Å². The molecule has 0 N–H and O–H groups in total. The maximum Gasteiger partial charge on any atom is -0.0264 e. The van der Waals surface area contributed by atoms with Crippen molar-refractivity contribution < 1.29 is 0 Å². The van der Waals surface area contributed by atoms with Crippen molar-refractivity contribution in [1.29, 1.82) is 0 Å². The van der Waals surface area contributed by atoms with Crippen LogP contribution in [0.5, 0.6) is 0 Å². The fourth-order valence-electron chi connectivity index (χ4n) is 9.34. The number of rotatable bonds is 4. The normalized spacial score (nSPS) is 49.8. The van der Waals surface area contributed by atoms with Crippen molar-refractivity contribution in [2.75, 3.05) is 0 Å². The quantitative estimate of drug-likeness (QED) is 0.464. The van der Waals surface area contributed by atoms with Gasteiger partial charge in [0.25, 0.3) is 0 Å². The minimum absolute atomic E-state index is 0.605. The average Bonchev–Trinajstić information content (AvgIpc) is 2.97. The second-order valence-corrected chi connectivity index (χ2v) is 12.9. The maximum atomic E-state index is 2.74. The monoisotopic (exact) mass is 372 g/mol. The molecule has 0 nitrogen and oxygen atoms in total. The van der Waals surface area contributed by atoms with Gasteiger partial charge in [-0.2, -0.15) is 0 Å². The first kappa shape index (κ1) is 20.3. The smallest absolute Gasteiger partial charge is 0.0264 e. The van der Waals surface area contributed by atoms with E-state index in [1.807, 2.05) is 0 Å². The fraction of sp³-hybridized carbons (Fsp3) is 1.00. The Kier molecular flexibility index (Phi) is 5.30. The number of hydrogen-bond donors (Lipinski definition) is 0. The lowest BCUT2D eigenvalue weighted by Crippen LogP contribution is -2.54. The molecular weight excluding hydrogens is 324 g/mol. The van der Waals surface area contributed by atoms with Crippen molar-refractivity contribution in [3.63, 3.8) is 0 Å². The highest BCUT2D eigenvalue weighted by atomic mass is 14.7. The Hall–Kier alpha value is 0. The number of unbranched alkanes of at least 4 members (excludes halogenated alkanes) is 1. The predicted molar refractivity (Wildman–Crippen MR) is 118 cm³/mol. The highest BCUT2D eigenvalue weighted by molar-refractivity contribution is 5.10. The molecule has 0 heterocycles. The first-order chi connectivity index (χ1) is 12.7. The van der Waals surface area contributed by atoms with Gasteiger partial charge in [0.15, 0.2) is 0 Å². The first-order valence-electron chi connectivity index (χ1n) is 12.7. The molecule has 8 atom stereocenters. The van der Waals surface area contributed by atoms with Crippen LogP contribution in [0.15, 0.2) is 0 Å². The van der Waals surface area contributed by atoms with Gasteiger partial charge in [-0.3, -0.25) is 0 Å². The number of hydrogen-bond acceptors (Lipinski definition) is 0. The summed E-state index contributed by atoms with van der Waals surface area (Å²) < 4.78 is 0. The Morgan fingerprint density at radius 3 is 2.30 bits per heavy atom. The molecule has 0 unspecified atom stereocenters. The SMILES string of the molecule is CCCC[C@@H](C)[C@H]1CC[C@H]2[C@@H]3CC[C@H]4CC(C)(C)CC[C@]4(C)[C@H]3CC[C@]12C. The van der Waals surface area contributed by atoms with Crippen LogP contribution in [-0.2, 0) is 0 Å². The summed E-state index contributed by atoms with van der Waals surface area (Å²) in [6, 6.07) is 0. The van der Waals surface area contributed by atoms with Gasteiger partial charge in [-0.15, -0.1) is 0 Å². The van der Waals surface area contributed by atoms with E-state index < -0.39 is 0 Å². The van der Waals surface area contributed by atoms with Crippen molar-refractivity contribution in [1.82, 2.24) is 0 Å². The summed E-state index contributed by atoms with van der Waals surface area (Å²) >= 11 is 0. The molecule has 0 aromatic carbocycles. The topological polar surface area (TPSA) is 0 Å². The van der Waals surface area contributed by atoms with Gasteiger partial charge in [0.2, 0.25) is 0 Å². The Balaban J connectivity index is 1.52. The summed E-state index contributed by atoms with van der Waals surface area (Å²) in [5, 5.41) is 0. The van der Waals surface area contributed by atoms with Gasteiger partial charge in [-0.05, 0) is 110 Å². The van der Waals surface area contributed by atoms with Gasteiger partial charge in [0, 0.05) is 0 Å². The summed E-state index contributed by atoms with van der Waals surface area (Å²) in [4.78, 5) is 0. The van der Waals surface area contributed by atoms with Gasteiger partial charge >= 0.3 is 0 Å². The largest absolute Gasteiger partial charge is 0.0654 e. The molecule has 0 heteroatoms. The van der Waals surface area contributed by atoms with Crippen molar-refractivity contribution in [3.8, 4) is 0 Å². The van der Waals surface area contributed by atoms with E-state index >= 15 is 0 Å². The van der Waals surface area contributed by atoms with Crippen LogP contribution >= 0.6 is 0 Å². The molecule has 0 radical (unpaired) electrons. The van der Waals surface area contributed by atoms with Crippen LogP contribution in [0.25, 0.3) is 0 Å². The molecule has 4 rings (SSSR count). The van der Waals surface area contributed by atoms with E-state index in [1.165, 1.54) is 38.5 Å². The lowest BCUT2D eigenvalue weighted by atomic mass is 9.43. The third-order valence-electron chi connectivity index (χ3n) is 11.0. The molecule has 4 aliphatic rings. The summed E-state index contributed by atoms with van der Waals surface area (Å²) in [5.41, 5.74) is 1.95. The molecule has 4 aliphatic carbocycles. The molecular formula is C27H48. The van der Waals surface area contributed by atoms with E-state index in [0.29, 0.717) is 16.2 Å². The maximum absolute atomic E-state index is 2.74. The summed E-state index contributed by atoms with van der Waals surface area (Å²) in [6.07, 6.45) is 18.1. The van der Waals surface area contributed by atoms with Crippen molar-refractivity contribution >= 4 is 0 Å². The minimum Gasteiger partial charge on any atom is -0.0654 e. The van der Waals surface area contributed by atoms with Gasteiger partial charge in [0.1, 0.15) is 0 Å². The third kappa shape index (κ3) is 3.24. The molecule has 0 aliphatic heterocycles. The van der Waals surface area contributed by atoms with Crippen LogP contribution in [0.1, 0.15) is 119 Å². The molecule has 0 bridgehead atoms. The van der Waals surface area contributed by atoms with E-state index in [1.54, 1.807) is 38.5 Å². The molecule has 0 aromatic heterocycles. The van der Waals surface area contributed by atoms with E-state index in [9.17, 15) is 0 Å². The molecule has 0 spiro atoms. The molecule has 0 saturated heterocycles. The van der Waals surface area contributed by atoms with Gasteiger partial charge in [-0.1, -0.05) is 60.8 Å². The Labute approximate surface area is 170 Å².